The Balaban J connectivity index is 1.02. The molecule has 1 unspecified atom stereocenters. The van der Waals surface area contributed by atoms with Gasteiger partial charge in [-0.1, -0.05) is 0 Å². The number of nitrogens with zero attached hydrogens (tertiary/aromatic N) is 5. The maximum atomic E-state index is 13.8. The van der Waals surface area contributed by atoms with Crippen LogP contribution in [0.25, 0.3) is 10.9 Å². The number of rotatable bonds is 13. The molecule has 2 fully saturated rings. The Morgan fingerprint density at radius 1 is 1.02 bits per heavy atom. The molecule has 0 saturated carbocycles. The van der Waals surface area contributed by atoms with E-state index in [1.54, 1.807) is 24.3 Å². The zero-order valence-corrected chi connectivity index (χ0v) is 31.9. The minimum absolute atomic E-state index is 0.227. The Morgan fingerprint density at radius 2 is 1.76 bits per heavy atom. The molecular weight excluding hydrogens is 749 g/mol. The predicted octanol–water partition coefficient (Wildman–Crippen LogP) is 4.21. The molecule has 3 aromatic rings. The van der Waals surface area contributed by atoms with Crippen molar-refractivity contribution in [2.45, 2.75) is 58.9 Å². The summed E-state index contributed by atoms with van der Waals surface area (Å²) in [6, 6.07) is 16.3. The fourth-order valence-electron chi connectivity index (χ4n) is 6.43. The van der Waals surface area contributed by atoms with E-state index in [1.807, 2.05) is 4.90 Å². The number of aromatic nitrogens is 1. The van der Waals surface area contributed by atoms with Gasteiger partial charge in [-0.2, -0.15) is 5.26 Å². The average Bonchev–Trinajstić information content (AvgIpc) is 3.43. The summed E-state index contributed by atoms with van der Waals surface area (Å²) >= 11 is -2.04. The number of amides is 3. The number of likely N-dealkylation sites (tertiary alicyclic amines) is 1. The number of nitrogens with one attached hydrogen (secondary N) is 1. The molecule has 2 saturated heterocycles. The van der Waals surface area contributed by atoms with Crippen molar-refractivity contribution in [3.05, 3.63) is 65.9 Å². The summed E-state index contributed by atoms with van der Waals surface area (Å²) in [4.78, 5) is 55.1. The molecule has 1 aromatic heterocycles. The summed E-state index contributed by atoms with van der Waals surface area (Å²) in [5.74, 6) is -3.64. The second kappa shape index (κ2) is 16.5. The van der Waals surface area contributed by atoms with Crippen LogP contribution in [-0.2, 0) is 16.0 Å². The number of carbonyl (C=O) groups is 3. The summed E-state index contributed by atoms with van der Waals surface area (Å²) in [5, 5.41) is 12.2. The van der Waals surface area contributed by atoms with Crippen molar-refractivity contribution in [3.8, 4) is 11.8 Å². The van der Waals surface area contributed by atoms with E-state index in [1.165, 1.54) is 21.4 Å². The number of hydrogen-bond donors (Lipinski definition) is 1. The number of alkyl halides is 2. The molecule has 266 valence electrons. The van der Waals surface area contributed by atoms with Crippen molar-refractivity contribution in [1.29, 1.82) is 5.26 Å². The van der Waals surface area contributed by atoms with E-state index in [4.69, 9.17) is 10.00 Å². The molecule has 2 aliphatic heterocycles. The predicted molar refractivity (Wildman–Crippen MR) is 190 cm³/mol. The summed E-state index contributed by atoms with van der Waals surface area (Å²) in [6.45, 7) is 3.05. The van der Waals surface area contributed by atoms with E-state index < -0.39 is 61.7 Å². The molecule has 5 rings (SSSR count). The van der Waals surface area contributed by atoms with Crippen LogP contribution in [0.4, 0.5) is 8.78 Å². The molecule has 50 heavy (non-hydrogen) atoms. The van der Waals surface area contributed by atoms with Crippen molar-refractivity contribution >= 4 is 50.6 Å². The number of piperazine rings is 1. The molecule has 2 aromatic carbocycles. The molecule has 3 heterocycles. The van der Waals surface area contributed by atoms with E-state index in [0.29, 0.717) is 29.7 Å². The van der Waals surface area contributed by atoms with Crippen LogP contribution in [-0.4, -0.2) is 120 Å². The zero-order valence-electron chi connectivity index (χ0n) is 29.1. The first-order valence-electron chi connectivity index (χ1n) is 17.3. The fourth-order valence-corrected chi connectivity index (χ4v) is 9.76. The number of carbonyl (C=O) groups excluding carboxylic acids is 3. The van der Waals surface area contributed by atoms with E-state index in [-0.39, 0.29) is 11.5 Å². The molecule has 10 nitrogen and oxygen atoms in total. The number of pyridine rings is 1. The summed E-state index contributed by atoms with van der Waals surface area (Å²) in [6.07, 6.45) is 3.90. The van der Waals surface area contributed by atoms with Gasteiger partial charge in [0.25, 0.3) is 11.8 Å². The van der Waals surface area contributed by atoms with Gasteiger partial charge in [0.15, 0.2) is 0 Å². The number of halogens is 2. The Hall–Kier alpha value is -3.83. The van der Waals surface area contributed by atoms with Crippen LogP contribution in [0.3, 0.4) is 0 Å². The second-order valence-corrected chi connectivity index (χ2v) is 28.7. The molecule has 0 bridgehead atoms. The first-order valence-corrected chi connectivity index (χ1v) is 27.3. The van der Waals surface area contributed by atoms with Crippen LogP contribution >= 0.6 is 0 Å². The van der Waals surface area contributed by atoms with Crippen molar-refractivity contribution in [2.24, 2.45) is 0 Å². The molecule has 0 aliphatic carbocycles. The molecule has 3 amide bonds. The van der Waals surface area contributed by atoms with E-state index >= 15 is 0 Å². The van der Waals surface area contributed by atoms with Gasteiger partial charge >= 0.3 is 133 Å². The standard InChI is InChI=1S/C34H37F2N6O4.3CH3.Sn/c35-34(36)21-26(22-37)42(24-34)32(44)23-39-33(45)28-12-13-38-30-11-10-27(20-29(28)30)46-19-5-14-40-15-17-41(18-16-40)31(43)9-4-8-25-6-2-1-3-7-25;;;;/h2-3,6-7,10-13,20,26H,4-5,8-9,14-19,21,23-24H2,(H,39,45);3*1H3;. The Labute approximate surface area is 296 Å². The fraction of sp³-hybridized carbons (Fsp3) is 0.486. The van der Waals surface area contributed by atoms with E-state index in [0.717, 1.165) is 56.9 Å². The zero-order chi connectivity index (χ0) is 35.9. The van der Waals surface area contributed by atoms with Crippen LogP contribution in [0.5, 0.6) is 5.75 Å². The molecular formula is C37H46F2N6O4Sn. The van der Waals surface area contributed by atoms with Gasteiger partial charge in [0.05, 0.1) is 36.8 Å². The summed E-state index contributed by atoms with van der Waals surface area (Å²) in [5.41, 5.74) is 2.12. The molecule has 1 atom stereocenters. The average molecular weight is 796 g/mol. The van der Waals surface area contributed by atoms with Crippen molar-refractivity contribution in [2.75, 3.05) is 52.4 Å². The number of nitriles is 1. The monoisotopic (exact) mass is 796 g/mol. The topological polar surface area (TPSA) is 119 Å². The number of ether oxygens (including phenoxy) is 1. The van der Waals surface area contributed by atoms with Crippen LogP contribution in [0.2, 0.25) is 14.8 Å². The molecule has 0 spiro atoms. The van der Waals surface area contributed by atoms with Crippen LogP contribution in [0.15, 0.2) is 54.7 Å². The van der Waals surface area contributed by atoms with Gasteiger partial charge < -0.3 is 15.0 Å². The molecule has 2 aliphatic rings. The number of benzene rings is 2. The van der Waals surface area contributed by atoms with Crippen molar-refractivity contribution < 1.29 is 27.9 Å². The van der Waals surface area contributed by atoms with E-state index in [9.17, 15) is 23.2 Å². The number of fused-ring (bicyclic) bond motifs is 1. The van der Waals surface area contributed by atoms with Crippen LogP contribution in [0, 0.1) is 11.3 Å². The summed E-state index contributed by atoms with van der Waals surface area (Å²) in [7, 11) is 0. The third-order valence-corrected chi connectivity index (χ3v) is 15.3. The third kappa shape index (κ3) is 9.90. The normalized spacial score (nSPS) is 17.8. The van der Waals surface area contributed by atoms with Crippen LogP contribution in [0.1, 0.15) is 41.6 Å². The van der Waals surface area contributed by atoms with Crippen molar-refractivity contribution in [3.63, 3.8) is 0 Å². The first kappa shape index (κ1) is 37.4. The van der Waals surface area contributed by atoms with Crippen LogP contribution < -0.4 is 13.6 Å². The van der Waals surface area contributed by atoms with Gasteiger partial charge in [0, 0.05) is 24.5 Å². The molecule has 0 radical (unpaired) electrons. The third-order valence-electron chi connectivity index (χ3n) is 9.39. The maximum absolute atomic E-state index is 13.8. The van der Waals surface area contributed by atoms with Gasteiger partial charge in [0.1, 0.15) is 11.8 Å². The number of aryl methyl sites for hydroxylation is 1. The van der Waals surface area contributed by atoms with Gasteiger partial charge in [-0.3, -0.25) is 14.6 Å². The Bertz CT molecular complexity index is 1720. The quantitative estimate of drug-likeness (QED) is 0.204. The molecule has 13 heteroatoms. The van der Waals surface area contributed by atoms with Gasteiger partial charge in [-0.05, 0) is 30.7 Å². The van der Waals surface area contributed by atoms with Crippen molar-refractivity contribution in [1.82, 2.24) is 25.0 Å². The first-order chi connectivity index (χ1) is 23.8. The van der Waals surface area contributed by atoms with E-state index in [2.05, 4.69) is 54.3 Å². The van der Waals surface area contributed by atoms with Gasteiger partial charge in [-0.25, -0.2) is 8.78 Å². The Kier molecular flexibility index (Phi) is 12.3. The van der Waals surface area contributed by atoms with Gasteiger partial charge in [0.2, 0.25) is 5.91 Å². The minimum atomic E-state index is -3.13. The SMILES string of the molecule is [CH3][Sn]([CH3])([CH3])[c]1ccc(CCCC(=O)N2CCN(CCCOc3ccc4nccc(C(=O)NCC(=O)N5CC(F)(F)CC5C#N)c4c3)CC2)cc1. The summed E-state index contributed by atoms with van der Waals surface area (Å²) < 4.78 is 35.0. The Morgan fingerprint density at radius 3 is 2.46 bits per heavy atom. The molecule has 1 N–H and O–H groups in total. The van der Waals surface area contributed by atoms with Gasteiger partial charge in [-0.15, -0.1) is 0 Å². The number of hydrogen-bond acceptors (Lipinski definition) is 7. The second-order valence-electron chi connectivity index (χ2n) is 14.2.